The maximum atomic E-state index is 12.6. The normalized spacial score (nSPS) is 13.5. The van der Waals surface area contributed by atoms with Crippen molar-refractivity contribution in [3.63, 3.8) is 0 Å². The molecule has 3 heterocycles. The number of para-hydroxylation sites is 1. The van der Waals surface area contributed by atoms with Gasteiger partial charge >= 0.3 is 0 Å². The molecular formula is C22H19N3O3S2. The molecule has 1 aromatic carbocycles. The van der Waals surface area contributed by atoms with Gasteiger partial charge < -0.3 is 15.1 Å². The van der Waals surface area contributed by atoms with Crippen molar-refractivity contribution in [1.82, 2.24) is 10.3 Å². The molecule has 2 N–H and O–H groups in total. The van der Waals surface area contributed by atoms with Crippen LogP contribution in [0.4, 0.5) is 5.00 Å². The minimum atomic E-state index is -0.178. The number of fused-ring (bicyclic) bond motifs is 1. The highest BCUT2D eigenvalue weighted by atomic mass is 32.1. The van der Waals surface area contributed by atoms with Crippen molar-refractivity contribution in [2.45, 2.75) is 26.3 Å². The van der Waals surface area contributed by atoms with E-state index in [9.17, 15) is 9.59 Å². The Morgan fingerprint density at radius 3 is 2.80 bits per heavy atom. The molecule has 30 heavy (non-hydrogen) atoms. The summed E-state index contributed by atoms with van der Waals surface area (Å²) in [5.74, 6) is 1.35. The number of nitrogens with zero attached hydrogens (tertiary/aromatic N) is 1. The van der Waals surface area contributed by atoms with E-state index < -0.39 is 0 Å². The Morgan fingerprint density at radius 2 is 2.00 bits per heavy atom. The quantitative estimate of drug-likeness (QED) is 0.434. The molecule has 0 bridgehead atoms. The van der Waals surface area contributed by atoms with Gasteiger partial charge in [-0.25, -0.2) is 4.98 Å². The van der Waals surface area contributed by atoms with Crippen LogP contribution in [-0.4, -0.2) is 16.8 Å². The monoisotopic (exact) mass is 437 g/mol. The molecule has 1 aliphatic rings. The molecule has 0 atom stereocenters. The zero-order chi connectivity index (χ0) is 20.7. The summed E-state index contributed by atoms with van der Waals surface area (Å²) in [6.07, 6.45) is 1.90. The third kappa shape index (κ3) is 3.88. The van der Waals surface area contributed by atoms with Gasteiger partial charge in [0.1, 0.15) is 5.76 Å². The van der Waals surface area contributed by atoms with Gasteiger partial charge in [0.2, 0.25) is 5.91 Å². The summed E-state index contributed by atoms with van der Waals surface area (Å²) >= 11 is 2.87. The number of rotatable bonds is 6. The van der Waals surface area contributed by atoms with E-state index in [0.717, 1.165) is 33.6 Å². The van der Waals surface area contributed by atoms with E-state index in [4.69, 9.17) is 4.42 Å². The van der Waals surface area contributed by atoms with Crippen LogP contribution in [0.25, 0.3) is 21.0 Å². The number of hydrogen-bond acceptors (Lipinski definition) is 6. The van der Waals surface area contributed by atoms with E-state index in [0.29, 0.717) is 21.4 Å². The summed E-state index contributed by atoms with van der Waals surface area (Å²) in [6, 6.07) is 13.5. The second kappa shape index (κ2) is 7.70. The predicted molar refractivity (Wildman–Crippen MR) is 119 cm³/mol. The largest absolute Gasteiger partial charge is 0.457 e. The zero-order valence-corrected chi connectivity index (χ0v) is 17.9. The van der Waals surface area contributed by atoms with Gasteiger partial charge in [-0.1, -0.05) is 12.1 Å². The molecule has 152 valence electrons. The Kier molecular flexibility index (Phi) is 4.88. The fraction of sp³-hybridized carbons (Fsp3) is 0.227. The molecule has 0 radical (unpaired) electrons. The topological polar surface area (TPSA) is 84.2 Å². The van der Waals surface area contributed by atoms with Gasteiger partial charge in [-0.3, -0.25) is 9.59 Å². The minimum Gasteiger partial charge on any atom is -0.457 e. The average molecular weight is 438 g/mol. The lowest BCUT2D eigenvalue weighted by Gasteiger charge is -2.02. The van der Waals surface area contributed by atoms with Crippen molar-refractivity contribution >= 4 is 49.7 Å². The highest BCUT2D eigenvalue weighted by molar-refractivity contribution is 7.21. The van der Waals surface area contributed by atoms with Crippen molar-refractivity contribution in [3.05, 3.63) is 58.7 Å². The summed E-state index contributed by atoms with van der Waals surface area (Å²) < 4.78 is 6.99. The van der Waals surface area contributed by atoms with E-state index in [2.05, 4.69) is 15.6 Å². The average Bonchev–Trinajstić information content (AvgIpc) is 3.17. The predicted octanol–water partition coefficient (Wildman–Crippen LogP) is 5.20. The second-order valence-electron chi connectivity index (χ2n) is 7.32. The standard InChI is InChI=1S/C22H19N3O3S2/c1-12-10-18(25-20(26)13-6-7-13)30-19(12)21(27)23-11-14-8-9-16(28-14)22-24-15-4-2-3-5-17(15)29-22/h2-5,8-10,13H,6-7,11H2,1H3,(H,23,27)(H,25,26). The van der Waals surface area contributed by atoms with E-state index in [1.54, 1.807) is 11.3 Å². The lowest BCUT2D eigenvalue weighted by Crippen LogP contribution is -2.22. The Morgan fingerprint density at radius 1 is 1.17 bits per heavy atom. The first-order chi connectivity index (χ1) is 14.6. The van der Waals surface area contributed by atoms with Crippen molar-refractivity contribution in [2.75, 3.05) is 5.32 Å². The molecule has 5 rings (SSSR count). The van der Waals surface area contributed by atoms with Gasteiger partial charge in [-0.05, 0) is 55.7 Å². The second-order valence-corrected chi connectivity index (χ2v) is 9.40. The van der Waals surface area contributed by atoms with Crippen molar-refractivity contribution in [3.8, 4) is 10.8 Å². The maximum Gasteiger partial charge on any atom is 0.262 e. The lowest BCUT2D eigenvalue weighted by atomic mass is 10.2. The molecule has 8 heteroatoms. The number of anilines is 1. The smallest absolute Gasteiger partial charge is 0.262 e. The Hall–Kier alpha value is -2.97. The number of carbonyl (C=O) groups is 2. The number of carbonyl (C=O) groups excluding carboxylic acids is 2. The van der Waals surface area contributed by atoms with E-state index >= 15 is 0 Å². The van der Waals surface area contributed by atoms with Crippen molar-refractivity contribution in [2.24, 2.45) is 5.92 Å². The molecule has 3 aromatic heterocycles. The van der Waals surface area contributed by atoms with Crippen molar-refractivity contribution in [1.29, 1.82) is 0 Å². The van der Waals surface area contributed by atoms with Crippen LogP contribution in [0.5, 0.6) is 0 Å². The Balaban J connectivity index is 1.23. The molecule has 6 nitrogen and oxygen atoms in total. The summed E-state index contributed by atoms with van der Waals surface area (Å²) in [6.45, 7) is 2.15. The van der Waals surface area contributed by atoms with Gasteiger partial charge in [0, 0.05) is 5.92 Å². The molecule has 1 fully saturated rings. The maximum absolute atomic E-state index is 12.6. The molecule has 0 saturated heterocycles. The third-order valence-electron chi connectivity index (χ3n) is 4.91. The van der Waals surface area contributed by atoms with Gasteiger partial charge in [0.15, 0.2) is 10.8 Å². The first-order valence-corrected chi connectivity index (χ1v) is 11.3. The van der Waals surface area contributed by atoms with E-state index in [1.165, 1.54) is 11.3 Å². The number of furan rings is 1. The van der Waals surface area contributed by atoms with Gasteiger partial charge in [0.05, 0.1) is 26.6 Å². The number of thiazole rings is 1. The first kappa shape index (κ1) is 19.0. The summed E-state index contributed by atoms with van der Waals surface area (Å²) in [7, 11) is 0. The number of aromatic nitrogens is 1. The number of benzene rings is 1. The highest BCUT2D eigenvalue weighted by Crippen LogP contribution is 2.33. The molecule has 0 unspecified atom stereocenters. The van der Waals surface area contributed by atoms with Crippen LogP contribution in [0.1, 0.15) is 33.8 Å². The summed E-state index contributed by atoms with van der Waals surface area (Å²) in [4.78, 5) is 29.7. The first-order valence-electron chi connectivity index (χ1n) is 9.71. The minimum absolute atomic E-state index is 0.0428. The molecular weight excluding hydrogens is 418 g/mol. The molecule has 2 amide bonds. The van der Waals surface area contributed by atoms with Crippen LogP contribution in [0, 0.1) is 12.8 Å². The number of aryl methyl sites for hydroxylation is 1. The van der Waals surface area contributed by atoms with Crippen LogP contribution in [-0.2, 0) is 11.3 Å². The number of nitrogens with one attached hydrogen (secondary N) is 2. The molecule has 1 aliphatic carbocycles. The molecule has 0 aliphatic heterocycles. The molecule has 4 aromatic rings. The number of hydrogen-bond donors (Lipinski definition) is 2. The third-order valence-corrected chi connectivity index (χ3v) is 7.11. The Labute approximate surface area is 180 Å². The fourth-order valence-electron chi connectivity index (χ4n) is 3.15. The lowest BCUT2D eigenvalue weighted by molar-refractivity contribution is -0.117. The highest BCUT2D eigenvalue weighted by Gasteiger charge is 2.30. The zero-order valence-electron chi connectivity index (χ0n) is 16.2. The molecule has 0 spiro atoms. The van der Waals surface area contributed by atoms with Gasteiger partial charge in [-0.15, -0.1) is 22.7 Å². The number of thiophene rings is 1. The van der Waals surface area contributed by atoms with E-state index in [1.807, 2.05) is 49.4 Å². The van der Waals surface area contributed by atoms with Crippen LogP contribution in [0.15, 0.2) is 46.9 Å². The van der Waals surface area contributed by atoms with Crippen LogP contribution < -0.4 is 10.6 Å². The summed E-state index contributed by atoms with van der Waals surface area (Å²) in [5.41, 5.74) is 1.79. The molecule has 1 saturated carbocycles. The van der Waals surface area contributed by atoms with Crippen LogP contribution in [0.3, 0.4) is 0 Å². The SMILES string of the molecule is Cc1cc(NC(=O)C2CC2)sc1C(=O)NCc1ccc(-c2nc3ccccc3s2)o1. The summed E-state index contributed by atoms with van der Waals surface area (Å²) in [5, 5.41) is 7.33. The van der Waals surface area contributed by atoms with Gasteiger partial charge in [0.25, 0.3) is 5.91 Å². The Bertz CT molecular complexity index is 1220. The van der Waals surface area contributed by atoms with Crippen LogP contribution >= 0.6 is 22.7 Å². The fourth-order valence-corrected chi connectivity index (χ4v) is 5.07. The van der Waals surface area contributed by atoms with E-state index in [-0.39, 0.29) is 24.3 Å². The van der Waals surface area contributed by atoms with Gasteiger partial charge in [-0.2, -0.15) is 0 Å². The number of amides is 2. The van der Waals surface area contributed by atoms with Crippen LogP contribution in [0.2, 0.25) is 0 Å². The van der Waals surface area contributed by atoms with Crippen molar-refractivity contribution < 1.29 is 14.0 Å².